The van der Waals surface area contributed by atoms with Crippen LogP contribution in [0.25, 0.3) is 0 Å². The first-order valence-electron chi connectivity index (χ1n) is 6.61. The van der Waals surface area contributed by atoms with Crippen LogP contribution in [-0.2, 0) is 6.54 Å². The lowest BCUT2D eigenvalue weighted by molar-refractivity contribution is 0.102. The van der Waals surface area contributed by atoms with Gasteiger partial charge in [0.2, 0.25) is 0 Å². The fourth-order valence-corrected chi connectivity index (χ4v) is 3.23. The number of carbonyl (C=O) groups excluding carboxylic acids is 1. The van der Waals surface area contributed by atoms with E-state index in [4.69, 9.17) is 34.8 Å². The number of carbonyl (C=O) groups is 1. The molecule has 2 N–H and O–H groups in total. The molecule has 10 heteroatoms. The number of aromatic nitrogens is 4. The molecule has 0 bridgehead atoms. The second kappa shape index (κ2) is 7.30. The highest BCUT2D eigenvalue weighted by atomic mass is 127. The molecule has 3 aromatic rings. The van der Waals surface area contributed by atoms with E-state index in [-0.39, 0.29) is 11.7 Å². The van der Waals surface area contributed by atoms with Crippen LogP contribution in [0.3, 0.4) is 0 Å². The molecule has 3 rings (SSSR count). The molecule has 0 fully saturated rings. The van der Waals surface area contributed by atoms with Crippen molar-refractivity contribution in [1.82, 2.24) is 20.0 Å². The third kappa shape index (κ3) is 3.69. The summed E-state index contributed by atoms with van der Waals surface area (Å²) in [6, 6.07) is 5.26. The van der Waals surface area contributed by atoms with Gasteiger partial charge < -0.3 is 5.32 Å². The molecule has 0 unspecified atom stereocenters. The summed E-state index contributed by atoms with van der Waals surface area (Å²) in [7, 11) is 0. The summed E-state index contributed by atoms with van der Waals surface area (Å²) in [4.78, 5) is 12.2. The molecule has 2 aromatic heterocycles. The maximum atomic E-state index is 12.2. The number of halogens is 4. The minimum atomic E-state index is -0.375. The highest BCUT2D eigenvalue weighted by Gasteiger charge is 2.17. The van der Waals surface area contributed by atoms with E-state index in [1.807, 2.05) is 22.6 Å². The second-order valence-electron chi connectivity index (χ2n) is 4.77. The summed E-state index contributed by atoms with van der Waals surface area (Å²) in [6.45, 7) is 0.329. The smallest absolute Gasteiger partial charge is 0.276 e. The zero-order valence-corrected chi connectivity index (χ0v) is 16.3. The Morgan fingerprint density at radius 3 is 2.58 bits per heavy atom. The predicted octanol–water partition coefficient (Wildman–Crippen LogP) is 4.47. The number of hydrogen-bond donors (Lipinski definition) is 2. The van der Waals surface area contributed by atoms with Gasteiger partial charge in [0.05, 0.1) is 16.3 Å². The van der Waals surface area contributed by atoms with Gasteiger partial charge in [-0.1, -0.05) is 40.9 Å². The van der Waals surface area contributed by atoms with Gasteiger partial charge in [0.25, 0.3) is 5.91 Å². The van der Waals surface area contributed by atoms with Crippen molar-refractivity contribution in [2.24, 2.45) is 0 Å². The quantitative estimate of drug-likeness (QED) is 0.524. The molecular formula is C14H9Cl3IN5O. The Morgan fingerprint density at radius 1 is 1.25 bits per heavy atom. The zero-order valence-electron chi connectivity index (χ0n) is 11.9. The lowest BCUT2D eigenvalue weighted by atomic mass is 10.2. The van der Waals surface area contributed by atoms with Crippen molar-refractivity contribution in [3.8, 4) is 0 Å². The summed E-state index contributed by atoms with van der Waals surface area (Å²) >= 11 is 20.5. The average Bonchev–Trinajstić information content (AvgIpc) is 3.09. The third-order valence-corrected chi connectivity index (χ3v) is 4.95. The first-order valence-corrected chi connectivity index (χ1v) is 8.83. The van der Waals surface area contributed by atoms with Gasteiger partial charge >= 0.3 is 0 Å². The summed E-state index contributed by atoms with van der Waals surface area (Å²) in [5.41, 5.74) is 1.07. The summed E-state index contributed by atoms with van der Waals surface area (Å²) < 4.78 is 2.26. The SMILES string of the molecule is O=C(Nc1nn(Cc2c(Cl)cccc2Cl)cc1Cl)c1[nH]ncc1I. The Labute approximate surface area is 165 Å². The number of rotatable bonds is 4. The Hall–Kier alpha value is -1.29. The van der Waals surface area contributed by atoms with Crippen molar-refractivity contribution in [2.45, 2.75) is 6.54 Å². The van der Waals surface area contributed by atoms with E-state index in [1.54, 1.807) is 35.3 Å². The highest BCUT2D eigenvalue weighted by molar-refractivity contribution is 14.1. The lowest BCUT2D eigenvalue weighted by Gasteiger charge is -2.06. The fraction of sp³-hybridized carbons (Fsp3) is 0.0714. The molecule has 0 spiro atoms. The van der Waals surface area contributed by atoms with Gasteiger partial charge in [0, 0.05) is 21.8 Å². The van der Waals surface area contributed by atoms with Crippen LogP contribution >= 0.6 is 57.4 Å². The summed E-state index contributed by atoms with van der Waals surface area (Å²) in [5, 5.41) is 14.7. The van der Waals surface area contributed by atoms with Crippen molar-refractivity contribution in [3.05, 3.63) is 60.5 Å². The topological polar surface area (TPSA) is 75.6 Å². The van der Waals surface area contributed by atoms with E-state index < -0.39 is 0 Å². The van der Waals surface area contributed by atoms with Gasteiger partial charge in [-0.2, -0.15) is 10.2 Å². The monoisotopic (exact) mass is 495 g/mol. The largest absolute Gasteiger partial charge is 0.302 e. The third-order valence-electron chi connectivity index (χ3n) is 3.15. The van der Waals surface area contributed by atoms with Crippen molar-refractivity contribution in [3.63, 3.8) is 0 Å². The Balaban J connectivity index is 1.81. The van der Waals surface area contributed by atoms with Gasteiger partial charge in [-0.3, -0.25) is 14.6 Å². The number of nitrogens with one attached hydrogen (secondary N) is 2. The van der Waals surface area contributed by atoms with Crippen molar-refractivity contribution in [2.75, 3.05) is 5.32 Å². The van der Waals surface area contributed by atoms with E-state index in [0.29, 0.717) is 30.9 Å². The number of aromatic amines is 1. The summed E-state index contributed by atoms with van der Waals surface area (Å²) in [6.07, 6.45) is 3.14. The molecular weight excluding hydrogens is 487 g/mol. The van der Waals surface area contributed by atoms with Gasteiger partial charge in [-0.05, 0) is 34.7 Å². The normalized spacial score (nSPS) is 10.8. The molecule has 2 heterocycles. The summed E-state index contributed by atoms with van der Waals surface area (Å²) in [5.74, 6) is -0.130. The average molecular weight is 497 g/mol. The van der Waals surface area contributed by atoms with Crippen LogP contribution in [0.15, 0.2) is 30.6 Å². The van der Waals surface area contributed by atoms with Crippen LogP contribution in [-0.4, -0.2) is 25.9 Å². The van der Waals surface area contributed by atoms with E-state index in [1.165, 1.54) is 0 Å². The standard InChI is InChI=1S/C14H9Cl3IN5O/c15-8-2-1-3-9(16)7(8)5-23-6-10(17)13(22-23)20-14(24)12-11(18)4-19-21-12/h1-4,6H,5H2,(H,19,21)(H,20,22,24). The lowest BCUT2D eigenvalue weighted by Crippen LogP contribution is -2.15. The number of anilines is 1. The zero-order chi connectivity index (χ0) is 17.3. The minimum absolute atomic E-state index is 0.246. The number of benzene rings is 1. The van der Waals surface area contributed by atoms with Crippen molar-refractivity contribution in [1.29, 1.82) is 0 Å². The number of nitrogens with zero attached hydrogens (tertiary/aromatic N) is 3. The molecule has 0 aliphatic carbocycles. The minimum Gasteiger partial charge on any atom is -0.302 e. The van der Waals surface area contributed by atoms with E-state index in [0.717, 1.165) is 5.56 Å². The van der Waals surface area contributed by atoms with Gasteiger partial charge in [-0.15, -0.1) is 0 Å². The van der Waals surface area contributed by atoms with E-state index in [9.17, 15) is 4.79 Å². The fourth-order valence-electron chi connectivity index (χ4n) is 2.01. The first kappa shape index (κ1) is 17.5. The van der Waals surface area contributed by atoms with Crippen LogP contribution in [0.1, 0.15) is 16.1 Å². The van der Waals surface area contributed by atoms with Crippen LogP contribution in [0.5, 0.6) is 0 Å². The number of hydrogen-bond acceptors (Lipinski definition) is 3. The molecule has 1 amide bonds. The maximum Gasteiger partial charge on any atom is 0.276 e. The molecule has 0 aliphatic heterocycles. The maximum absolute atomic E-state index is 12.2. The van der Waals surface area contributed by atoms with E-state index >= 15 is 0 Å². The van der Waals surface area contributed by atoms with Crippen LogP contribution in [0, 0.1) is 3.57 Å². The van der Waals surface area contributed by atoms with Crippen molar-refractivity contribution >= 4 is 69.1 Å². The van der Waals surface area contributed by atoms with E-state index in [2.05, 4.69) is 20.6 Å². The first-order chi connectivity index (χ1) is 11.5. The van der Waals surface area contributed by atoms with Gasteiger partial charge in [0.15, 0.2) is 5.82 Å². The second-order valence-corrected chi connectivity index (χ2v) is 7.15. The Bertz CT molecular complexity index is 887. The Kier molecular flexibility index (Phi) is 5.33. The van der Waals surface area contributed by atoms with Crippen LogP contribution in [0.2, 0.25) is 15.1 Å². The van der Waals surface area contributed by atoms with Crippen LogP contribution in [0.4, 0.5) is 5.82 Å². The molecule has 0 atom stereocenters. The number of amides is 1. The highest BCUT2D eigenvalue weighted by Crippen LogP contribution is 2.27. The molecule has 1 aromatic carbocycles. The van der Waals surface area contributed by atoms with Gasteiger partial charge in [0.1, 0.15) is 10.7 Å². The predicted molar refractivity (Wildman–Crippen MR) is 102 cm³/mol. The molecule has 0 aliphatic rings. The molecule has 24 heavy (non-hydrogen) atoms. The molecule has 0 saturated carbocycles. The molecule has 6 nitrogen and oxygen atoms in total. The van der Waals surface area contributed by atoms with Crippen LogP contribution < -0.4 is 5.32 Å². The molecule has 0 saturated heterocycles. The Morgan fingerprint density at radius 2 is 1.96 bits per heavy atom. The molecule has 0 radical (unpaired) electrons. The number of H-pyrrole nitrogens is 1. The van der Waals surface area contributed by atoms with Crippen molar-refractivity contribution < 1.29 is 4.79 Å². The van der Waals surface area contributed by atoms with Gasteiger partial charge in [-0.25, -0.2) is 0 Å². The molecule has 124 valence electrons.